The average Bonchev–Trinajstić information content (AvgIpc) is 2.90. The van der Waals surface area contributed by atoms with Crippen molar-refractivity contribution in [3.63, 3.8) is 0 Å². The van der Waals surface area contributed by atoms with Crippen LogP contribution >= 0.6 is 0 Å². The maximum absolute atomic E-state index is 13.8. The topological polar surface area (TPSA) is 55.1 Å². The second-order valence-electron chi connectivity index (χ2n) is 4.98. The van der Waals surface area contributed by atoms with Crippen LogP contribution < -0.4 is 5.32 Å². The highest BCUT2D eigenvalue weighted by Crippen LogP contribution is 2.27. The molecule has 0 radical (unpaired) electrons. The third kappa shape index (κ3) is 2.83. The number of halogens is 1. The predicted molar refractivity (Wildman–Crippen MR) is 82.9 cm³/mol. The van der Waals surface area contributed by atoms with Crippen LogP contribution in [0.25, 0.3) is 22.6 Å². The Kier molecular flexibility index (Phi) is 3.87. The molecule has 0 aliphatic carbocycles. The van der Waals surface area contributed by atoms with Gasteiger partial charge in [0.2, 0.25) is 11.8 Å². The Morgan fingerprint density at radius 2 is 2.09 bits per heavy atom. The lowest BCUT2D eigenvalue weighted by atomic mass is 10.2. The molecule has 2 aromatic carbocycles. The van der Waals surface area contributed by atoms with Gasteiger partial charge in [0, 0.05) is 12.1 Å². The van der Waals surface area contributed by atoms with E-state index in [0.29, 0.717) is 28.8 Å². The van der Waals surface area contributed by atoms with Gasteiger partial charge in [-0.3, -0.25) is 4.79 Å². The first kappa shape index (κ1) is 14.3. The summed E-state index contributed by atoms with van der Waals surface area (Å²) >= 11 is 0. The lowest BCUT2D eigenvalue weighted by molar-refractivity contribution is -0.116. The monoisotopic (exact) mass is 298 g/mol. The van der Waals surface area contributed by atoms with E-state index in [-0.39, 0.29) is 17.6 Å². The lowest BCUT2D eigenvalue weighted by Crippen LogP contribution is -2.10. The molecule has 3 aromatic rings. The Balaban J connectivity index is 1.94. The highest BCUT2D eigenvalue weighted by molar-refractivity contribution is 5.93. The van der Waals surface area contributed by atoms with Gasteiger partial charge >= 0.3 is 0 Å². The molecule has 4 nitrogen and oxygen atoms in total. The van der Waals surface area contributed by atoms with Crippen molar-refractivity contribution in [2.24, 2.45) is 0 Å². The summed E-state index contributed by atoms with van der Waals surface area (Å²) in [7, 11) is 0. The molecule has 0 spiro atoms. The first-order chi connectivity index (χ1) is 10.7. The summed E-state index contributed by atoms with van der Waals surface area (Å²) in [5.41, 5.74) is 2.09. The van der Waals surface area contributed by atoms with E-state index in [2.05, 4.69) is 10.3 Å². The molecule has 5 heteroatoms. The maximum Gasteiger partial charge on any atom is 0.230 e. The van der Waals surface area contributed by atoms with Crippen molar-refractivity contribution in [2.75, 3.05) is 5.32 Å². The molecular formula is C17H15FN2O2. The zero-order chi connectivity index (χ0) is 15.5. The first-order valence-electron chi connectivity index (χ1n) is 7.12. The molecule has 0 aliphatic heterocycles. The summed E-state index contributed by atoms with van der Waals surface area (Å²) in [6.45, 7) is 1.95. The first-order valence-corrected chi connectivity index (χ1v) is 7.12. The number of oxazole rings is 1. The van der Waals surface area contributed by atoms with Crippen LogP contribution in [0.15, 0.2) is 46.9 Å². The van der Waals surface area contributed by atoms with Crippen LogP contribution in [0.5, 0.6) is 0 Å². The number of nitrogens with one attached hydrogen (secondary N) is 1. The van der Waals surface area contributed by atoms with E-state index in [1.807, 2.05) is 6.92 Å². The van der Waals surface area contributed by atoms with Crippen LogP contribution in [0.4, 0.5) is 10.1 Å². The Hall–Kier alpha value is -2.69. The molecule has 0 bridgehead atoms. The quantitative estimate of drug-likeness (QED) is 0.778. The number of carbonyl (C=O) groups is 1. The van der Waals surface area contributed by atoms with Crippen molar-refractivity contribution in [2.45, 2.75) is 19.8 Å². The van der Waals surface area contributed by atoms with Crippen LogP contribution in [-0.2, 0) is 4.79 Å². The van der Waals surface area contributed by atoms with Gasteiger partial charge < -0.3 is 9.73 Å². The fraction of sp³-hybridized carbons (Fsp3) is 0.176. The molecule has 3 rings (SSSR count). The van der Waals surface area contributed by atoms with Crippen molar-refractivity contribution >= 4 is 22.7 Å². The summed E-state index contributed by atoms with van der Waals surface area (Å²) in [6, 6.07) is 11.5. The molecule has 0 fully saturated rings. The van der Waals surface area contributed by atoms with Gasteiger partial charge in [0.05, 0.1) is 5.56 Å². The van der Waals surface area contributed by atoms with Gasteiger partial charge in [0.25, 0.3) is 0 Å². The van der Waals surface area contributed by atoms with Gasteiger partial charge in [0.15, 0.2) is 5.58 Å². The zero-order valence-electron chi connectivity index (χ0n) is 12.1. The SMILES string of the molecule is CCCC(=O)Nc1ccc2oc(-c3ccccc3F)nc2c1. The largest absolute Gasteiger partial charge is 0.436 e. The third-order valence-electron chi connectivity index (χ3n) is 3.25. The minimum Gasteiger partial charge on any atom is -0.436 e. The molecular weight excluding hydrogens is 283 g/mol. The number of hydrogen-bond acceptors (Lipinski definition) is 3. The van der Waals surface area contributed by atoms with Crippen LogP contribution in [0.2, 0.25) is 0 Å². The van der Waals surface area contributed by atoms with Gasteiger partial charge in [0.1, 0.15) is 11.3 Å². The van der Waals surface area contributed by atoms with Gasteiger partial charge in [-0.1, -0.05) is 19.1 Å². The van der Waals surface area contributed by atoms with Crippen LogP contribution in [0, 0.1) is 5.82 Å². The second kappa shape index (κ2) is 5.97. The van der Waals surface area contributed by atoms with E-state index in [1.165, 1.54) is 6.07 Å². The van der Waals surface area contributed by atoms with Crippen molar-refractivity contribution in [1.29, 1.82) is 0 Å². The second-order valence-corrected chi connectivity index (χ2v) is 4.98. The van der Waals surface area contributed by atoms with Gasteiger partial charge in [-0.05, 0) is 36.8 Å². The van der Waals surface area contributed by atoms with E-state index in [9.17, 15) is 9.18 Å². The Labute approximate surface area is 127 Å². The summed E-state index contributed by atoms with van der Waals surface area (Å²) < 4.78 is 19.4. The molecule has 1 heterocycles. The molecule has 0 saturated carbocycles. The standard InChI is InChI=1S/C17H15FN2O2/c1-2-5-16(21)19-11-8-9-15-14(10-11)20-17(22-15)12-6-3-4-7-13(12)18/h3-4,6-10H,2,5H2,1H3,(H,19,21). The number of fused-ring (bicyclic) bond motifs is 1. The average molecular weight is 298 g/mol. The normalized spacial score (nSPS) is 10.8. The van der Waals surface area contributed by atoms with Crippen molar-refractivity contribution in [3.8, 4) is 11.5 Å². The zero-order valence-corrected chi connectivity index (χ0v) is 12.1. The van der Waals surface area contributed by atoms with E-state index < -0.39 is 0 Å². The van der Waals surface area contributed by atoms with Crippen LogP contribution in [0.3, 0.4) is 0 Å². The molecule has 0 aliphatic rings. The Morgan fingerprint density at radius 3 is 2.86 bits per heavy atom. The lowest BCUT2D eigenvalue weighted by Gasteiger charge is -2.02. The molecule has 1 aromatic heterocycles. The van der Waals surface area contributed by atoms with E-state index in [1.54, 1.807) is 36.4 Å². The van der Waals surface area contributed by atoms with E-state index in [0.717, 1.165) is 6.42 Å². The number of benzene rings is 2. The molecule has 112 valence electrons. The number of carbonyl (C=O) groups excluding carboxylic acids is 1. The summed E-state index contributed by atoms with van der Waals surface area (Å²) in [5.74, 6) is -0.199. The van der Waals surface area contributed by atoms with Gasteiger partial charge in [-0.2, -0.15) is 0 Å². The fourth-order valence-electron chi connectivity index (χ4n) is 2.21. The summed E-state index contributed by atoms with van der Waals surface area (Å²) in [5, 5.41) is 2.80. The Morgan fingerprint density at radius 1 is 1.27 bits per heavy atom. The number of aromatic nitrogens is 1. The number of rotatable bonds is 4. The third-order valence-corrected chi connectivity index (χ3v) is 3.25. The predicted octanol–water partition coefficient (Wildman–Crippen LogP) is 4.37. The van der Waals surface area contributed by atoms with E-state index >= 15 is 0 Å². The van der Waals surface area contributed by atoms with E-state index in [4.69, 9.17) is 4.42 Å². The number of hydrogen-bond donors (Lipinski definition) is 1. The molecule has 0 atom stereocenters. The highest BCUT2D eigenvalue weighted by atomic mass is 19.1. The molecule has 22 heavy (non-hydrogen) atoms. The van der Waals surface area contributed by atoms with Gasteiger partial charge in [-0.15, -0.1) is 0 Å². The van der Waals surface area contributed by atoms with Crippen LogP contribution in [-0.4, -0.2) is 10.9 Å². The number of anilines is 1. The Bertz CT molecular complexity index is 826. The smallest absolute Gasteiger partial charge is 0.230 e. The van der Waals surface area contributed by atoms with Crippen molar-refractivity contribution < 1.29 is 13.6 Å². The summed E-state index contributed by atoms with van der Waals surface area (Å²) in [4.78, 5) is 15.9. The molecule has 1 amide bonds. The van der Waals surface area contributed by atoms with Crippen molar-refractivity contribution in [1.82, 2.24) is 4.98 Å². The number of nitrogens with zero attached hydrogens (tertiary/aromatic N) is 1. The highest BCUT2D eigenvalue weighted by Gasteiger charge is 2.12. The molecule has 0 unspecified atom stereocenters. The minimum absolute atomic E-state index is 0.0420. The fourth-order valence-corrected chi connectivity index (χ4v) is 2.21. The minimum atomic E-state index is -0.384. The van der Waals surface area contributed by atoms with Crippen LogP contribution in [0.1, 0.15) is 19.8 Å². The molecule has 1 N–H and O–H groups in total. The maximum atomic E-state index is 13.8. The van der Waals surface area contributed by atoms with Crippen molar-refractivity contribution in [3.05, 3.63) is 48.3 Å². The number of amides is 1. The molecule has 0 saturated heterocycles. The van der Waals surface area contributed by atoms with Gasteiger partial charge in [-0.25, -0.2) is 9.37 Å². The summed E-state index contributed by atoms with van der Waals surface area (Å²) in [6.07, 6.45) is 1.26.